The van der Waals surface area contributed by atoms with Crippen molar-refractivity contribution in [3.05, 3.63) is 67.4 Å². The van der Waals surface area contributed by atoms with E-state index in [9.17, 15) is 8.42 Å². The van der Waals surface area contributed by atoms with Crippen LogP contribution in [-0.4, -0.2) is 34.0 Å². The third-order valence-electron chi connectivity index (χ3n) is 4.70. The van der Waals surface area contributed by atoms with Gasteiger partial charge in [0.1, 0.15) is 0 Å². The maximum atomic E-state index is 12.1. The van der Waals surface area contributed by atoms with Gasteiger partial charge >= 0.3 is 0 Å². The molecule has 0 atom stereocenters. The van der Waals surface area contributed by atoms with Crippen LogP contribution in [0.1, 0.15) is 0 Å². The normalized spacial score (nSPS) is 11.8. The first-order chi connectivity index (χ1) is 14.5. The van der Waals surface area contributed by atoms with Gasteiger partial charge in [-0.1, -0.05) is 6.07 Å². The molecular formula is C21H15N5O2S2. The molecule has 0 aliphatic heterocycles. The topological polar surface area (TPSA) is 97.7 Å². The molecule has 5 aromatic rings. The molecule has 2 aromatic carbocycles. The number of nitrogens with one attached hydrogen (secondary N) is 1. The third-order valence-corrected chi connectivity index (χ3v) is 6.63. The number of hydrogen-bond acceptors (Lipinski definition) is 8. The number of pyridine rings is 1. The summed E-state index contributed by atoms with van der Waals surface area (Å²) in [5, 5.41) is 4.25. The van der Waals surface area contributed by atoms with Crippen LogP contribution in [0.3, 0.4) is 0 Å². The lowest BCUT2D eigenvalue weighted by Crippen LogP contribution is -2.03. The monoisotopic (exact) mass is 433 g/mol. The highest BCUT2D eigenvalue weighted by molar-refractivity contribution is 7.90. The van der Waals surface area contributed by atoms with Crippen LogP contribution in [0.4, 0.5) is 11.4 Å². The molecule has 0 aliphatic rings. The third kappa shape index (κ3) is 3.38. The summed E-state index contributed by atoms with van der Waals surface area (Å²) in [6.45, 7) is 0. The number of nitrogens with zero attached hydrogens (tertiary/aromatic N) is 4. The predicted molar refractivity (Wildman–Crippen MR) is 119 cm³/mol. The van der Waals surface area contributed by atoms with E-state index in [1.165, 1.54) is 36.2 Å². The number of sulfone groups is 1. The number of anilines is 2. The van der Waals surface area contributed by atoms with E-state index >= 15 is 0 Å². The van der Waals surface area contributed by atoms with E-state index in [2.05, 4.69) is 30.7 Å². The SMILES string of the molecule is CS(=O)(=O)c1ccncc1Nc1cc(-c2ccc3sncc3c2)c2nccnc2c1. The molecule has 0 saturated heterocycles. The van der Waals surface area contributed by atoms with E-state index in [0.29, 0.717) is 16.9 Å². The second-order valence-electron chi connectivity index (χ2n) is 6.80. The summed E-state index contributed by atoms with van der Waals surface area (Å²) >= 11 is 1.45. The molecule has 0 bridgehead atoms. The Morgan fingerprint density at radius 3 is 2.70 bits per heavy atom. The summed E-state index contributed by atoms with van der Waals surface area (Å²) in [6.07, 6.45) is 9.27. The zero-order valence-electron chi connectivity index (χ0n) is 15.8. The van der Waals surface area contributed by atoms with Gasteiger partial charge in [-0.15, -0.1) is 0 Å². The summed E-state index contributed by atoms with van der Waals surface area (Å²) in [7, 11) is -3.41. The minimum absolute atomic E-state index is 0.184. The van der Waals surface area contributed by atoms with E-state index in [1.807, 2.05) is 30.5 Å². The molecule has 3 heterocycles. The van der Waals surface area contributed by atoms with Crippen molar-refractivity contribution in [3.63, 3.8) is 0 Å². The average molecular weight is 434 g/mol. The van der Waals surface area contributed by atoms with Crippen molar-refractivity contribution < 1.29 is 8.42 Å². The number of rotatable bonds is 4. The van der Waals surface area contributed by atoms with Crippen molar-refractivity contribution in [1.29, 1.82) is 0 Å². The minimum atomic E-state index is -3.41. The Balaban J connectivity index is 1.68. The maximum absolute atomic E-state index is 12.1. The van der Waals surface area contributed by atoms with Gasteiger partial charge in [-0.3, -0.25) is 15.0 Å². The van der Waals surface area contributed by atoms with Crippen molar-refractivity contribution in [1.82, 2.24) is 19.3 Å². The molecule has 30 heavy (non-hydrogen) atoms. The highest BCUT2D eigenvalue weighted by Gasteiger charge is 2.15. The molecule has 9 heteroatoms. The molecule has 148 valence electrons. The summed E-state index contributed by atoms with van der Waals surface area (Å²) in [4.78, 5) is 13.2. The molecule has 3 aromatic heterocycles. The van der Waals surface area contributed by atoms with Crippen LogP contribution in [0.25, 0.3) is 32.2 Å². The van der Waals surface area contributed by atoms with Crippen molar-refractivity contribution in [2.75, 3.05) is 11.6 Å². The van der Waals surface area contributed by atoms with Gasteiger partial charge in [-0.2, -0.15) is 4.37 Å². The van der Waals surface area contributed by atoms with Crippen LogP contribution in [0.15, 0.2) is 72.3 Å². The lowest BCUT2D eigenvalue weighted by atomic mass is 10.0. The molecule has 0 spiro atoms. The number of benzene rings is 2. The largest absolute Gasteiger partial charge is 0.353 e. The predicted octanol–water partition coefficient (Wildman–Crippen LogP) is 4.45. The molecule has 1 N–H and O–H groups in total. The number of aromatic nitrogens is 4. The minimum Gasteiger partial charge on any atom is -0.353 e. The highest BCUT2D eigenvalue weighted by atomic mass is 32.2. The molecule has 0 aliphatic carbocycles. The molecular weight excluding hydrogens is 418 g/mol. The first kappa shape index (κ1) is 18.6. The van der Waals surface area contributed by atoms with Crippen molar-refractivity contribution in [3.8, 4) is 11.1 Å². The van der Waals surface area contributed by atoms with Crippen LogP contribution >= 0.6 is 11.5 Å². The van der Waals surface area contributed by atoms with Crippen molar-refractivity contribution >= 4 is 53.9 Å². The van der Waals surface area contributed by atoms with E-state index < -0.39 is 9.84 Å². The average Bonchev–Trinajstić information content (AvgIpc) is 3.21. The quantitative estimate of drug-likeness (QED) is 0.447. The van der Waals surface area contributed by atoms with Crippen LogP contribution in [-0.2, 0) is 9.84 Å². The summed E-state index contributed by atoms with van der Waals surface area (Å²) < 4.78 is 29.6. The Kier molecular flexibility index (Phi) is 4.41. The second-order valence-corrected chi connectivity index (χ2v) is 9.61. The zero-order chi connectivity index (χ0) is 20.7. The number of hydrogen-bond donors (Lipinski definition) is 1. The standard InChI is InChI=1S/C21H15N5O2S2/c1-30(27,28)20-4-5-22-12-18(20)26-15-9-16(21-17(10-15)23-6-7-24-21)13-2-3-19-14(8-13)11-25-29-19/h2-12,26H,1H3. The molecule has 5 rings (SSSR count). The molecule has 7 nitrogen and oxygen atoms in total. The number of fused-ring (bicyclic) bond motifs is 2. The van der Waals surface area contributed by atoms with Gasteiger partial charge in [-0.05, 0) is 47.4 Å². The Morgan fingerprint density at radius 1 is 0.967 bits per heavy atom. The fourth-order valence-electron chi connectivity index (χ4n) is 3.36. The first-order valence-corrected chi connectivity index (χ1v) is 11.7. The zero-order valence-corrected chi connectivity index (χ0v) is 17.4. The molecule has 0 saturated carbocycles. The second kappa shape index (κ2) is 7.12. The summed E-state index contributed by atoms with van der Waals surface area (Å²) in [5.74, 6) is 0. The summed E-state index contributed by atoms with van der Waals surface area (Å²) in [5.41, 5.74) is 4.43. The van der Waals surface area contributed by atoms with Crippen LogP contribution < -0.4 is 5.32 Å². The van der Waals surface area contributed by atoms with Gasteiger partial charge in [0.2, 0.25) is 0 Å². The van der Waals surface area contributed by atoms with Crippen molar-refractivity contribution in [2.24, 2.45) is 0 Å². The van der Waals surface area contributed by atoms with Gasteiger partial charge in [0.05, 0.1) is 32.5 Å². The van der Waals surface area contributed by atoms with E-state index in [4.69, 9.17) is 0 Å². The van der Waals surface area contributed by atoms with Crippen LogP contribution in [0.5, 0.6) is 0 Å². The van der Waals surface area contributed by atoms with E-state index in [1.54, 1.807) is 12.4 Å². The molecule has 0 amide bonds. The lowest BCUT2D eigenvalue weighted by Gasteiger charge is -2.13. The fraction of sp³-hybridized carbons (Fsp3) is 0.0476. The smallest absolute Gasteiger partial charge is 0.177 e. The Labute approximate surface area is 176 Å². The maximum Gasteiger partial charge on any atom is 0.177 e. The van der Waals surface area contributed by atoms with Gasteiger partial charge in [0.25, 0.3) is 0 Å². The Hall–Kier alpha value is -3.43. The molecule has 0 fully saturated rings. The van der Waals surface area contributed by atoms with Crippen LogP contribution in [0.2, 0.25) is 0 Å². The molecule has 0 radical (unpaired) electrons. The van der Waals surface area contributed by atoms with E-state index in [0.717, 1.165) is 26.7 Å². The fourth-order valence-corrected chi connectivity index (χ4v) is 4.80. The Bertz CT molecular complexity index is 1510. The van der Waals surface area contributed by atoms with Gasteiger partial charge in [0.15, 0.2) is 9.84 Å². The van der Waals surface area contributed by atoms with Gasteiger partial charge in [-0.25, -0.2) is 8.42 Å². The Morgan fingerprint density at radius 2 is 1.83 bits per heavy atom. The van der Waals surface area contributed by atoms with Gasteiger partial charge < -0.3 is 5.32 Å². The summed E-state index contributed by atoms with van der Waals surface area (Å²) in [6, 6.07) is 11.4. The van der Waals surface area contributed by atoms with Crippen LogP contribution in [0, 0.1) is 0 Å². The van der Waals surface area contributed by atoms with Crippen molar-refractivity contribution in [2.45, 2.75) is 4.90 Å². The van der Waals surface area contributed by atoms with Gasteiger partial charge in [0, 0.05) is 47.7 Å². The first-order valence-electron chi connectivity index (χ1n) is 9.00. The van der Waals surface area contributed by atoms with E-state index in [-0.39, 0.29) is 4.90 Å². The highest BCUT2D eigenvalue weighted by Crippen LogP contribution is 2.34. The lowest BCUT2D eigenvalue weighted by molar-refractivity contribution is 0.602. The molecule has 0 unspecified atom stereocenters.